The lowest BCUT2D eigenvalue weighted by molar-refractivity contribution is -0.131. The fourth-order valence-corrected chi connectivity index (χ4v) is 2.81. The van der Waals surface area contributed by atoms with Gasteiger partial charge in [-0.2, -0.15) is 0 Å². The quantitative estimate of drug-likeness (QED) is 0.527. The minimum absolute atomic E-state index is 0.407. The van der Waals surface area contributed by atoms with Crippen molar-refractivity contribution in [1.29, 1.82) is 0 Å². The Morgan fingerprint density at radius 3 is 2.14 bits per heavy atom. The molecule has 0 radical (unpaired) electrons. The van der Waals surface area contributed by atoms with E-state index < -0.39 is 12.0 Å². The first kappa shape index (κ1) is 19.7. The molecule has 0 atom stereocenters. The van der Waals surface area contributed by atoms with E-state index in [0.717, 1.165) is 11.6 Å². The van der Waals surface area contributed by atoms with Crippen LogP contribution in [0.15, 0.2) is 84.9 Å². The second-order valence-corrected chi connectivity index (χ2v) is 6.15. The van der Waals surface area contributed by atoms with Crippen LogP contribution in [0.2, 0.25) is 0 Å². The second-order valence-electron chi connectivity index (χ2n) is 6.15. The number of hydrogen-bond acceptors (Lipinski definition) is 3. The fourth-order valence-electron chi connectivity index (χ4n) is 2.81. The molecule has 0 spiro atoms. The number of carboxylic acid groups (broad SMARTS) is 1. The molecule has 2 amide bonds. The number of carbonyl (C=O) groups is 2. The number of urea groups is 1. The summed E-state index contributed by atoms with van der Waals surface area (Å²) in [5, 5.41) is 14.8. The van der Waals surface area contributed by atoms with Gasteiger partial charge in [0.25, 0.3) is 0 Å². The molecule has 0 aliphatic rings. The van der Waals surface area contributed by atoms with Gasteiger partial charge in [0.15, 0.2) is 0 Å². The molecule has 6 nitrogen and oxygen atoms in total. The van der Waals surface area contributed by atoms with Gasteiger partial charge >= 0.3 is 12.0 Å². The molecule has 0 fully saturated rings. The van der Waals surface area contributed by atoms with Crippen LogP contribution in [0.25, 0.3) is 5.57 Å². The first-order chi connectivity index (χ1) is 14.0. The summed E-state index contributed by atoms with van der Waals surface area (Å²) in [4.78, 5) is 23.6. The van der Waals surface area contributed by atoms with E-state index in [-0.39, 0.29) is 0 Å². The van der Waals surface area contributed by atoms with E-state index in [0.29, 0.717) is 28.3 Å². The molecule has 29 heavy (non-hydrogen) atoms. The zero-order valence-electron chi connectivity index (χ0n) is 15.8. The van der Waals surface area contributed by atoms with Gasteiger partial charge in [-0.25, -0.2) is 9.59 Å². The Balaban J connectivity index is 1.78. The molecule has 0 aliphatic carbocycles. The third kappa shape index (κ3) is 5.46. The van der Waals surface area contributed by atoms with Gasteiger partial charge in [-0.1, -0.05) is 42.5 Å². The molecule has 0 bridgehead atoms. The maximum atomic E-state index is 12.3. The largest absolute Gasteiger partial charge is 0.497 e. The molecule has 6 heteroatoms. The number of amides is 2. The average molecular weight is 388 g/mol. The van der Waals surface area contributed by atoms with Crippen LogP contribution >= 0.6 is 0 Å². The summed E-state index contributed by atoms with van der Waals surface area (Å²) in [6, 6.07) is 22.8. The van der Waals surface area contributed by atoms with Crippen LogP contribution in [0, 0.1) is 0 Å². The number of aliphatic carboxylic acids is 1. The predicted molar refractivity (Wildman–Crippen MR) is 113 cm³/mol. The van der Waals surface area contributed by atoms with Crippen molar-refractivity contribution >= 4 is 28.9 Å². The highest BCUT2D eigenvalue weighted by molar-refractivity contribution is 6.01. The highest BCUT2D eigenvalue weighted by Gasteiger charge is 2.09. The fraction of sp³-hybridized carbons (Fsp3) is 0.0435. The maximum Gasteiger partial charge on any atom is 0.328 e. The van der Waals surface area contributed by atoms with E-state index in [9.17, 15) is 14.7 Å². The van der Waals surface area contributed by atoms with E-state index in [1.807, 2.05) is 30.3 Å². The molecule has 3 N–H and O–H groups in total. The summed E-state index contributed by atoms with van der Waals surface area (Å²) in [6.45, 7) is 0. The normalized spacial score (nSPS) is 10.9. The van der Waals surface area contributed by atoms with Crippen LogP contribution in [0.3, 0.4) is 0 Å². The summed E-state index contributed by atoms with van der Waals surface area (Å²) >= 11 is 0. The van der Waals surface area contributed by atoms with Crippen LogP contribution < -0.4 is 15.4 Å². The minimum atomic E-state index is -1.04. The van der Waals surface area contributed by atoms with Crippen LogP contribution in [-0.4, -0.2) is 24.2 Å². The lowest BCUT2D eigenvalue weighted by Crippen LogP contribution is -2.19. The molecule has 0 aromatic heterocycles. The van der Waals surface area contributed by atoms with Gasteiger partial charge in [0.1, 0.15) is 5.75 Å². The van der Waals surface area contributed by atoms with Crippen LogP contribution in [0.4, 0.5) is 16.2 Å². The number of anilines is 2. The van der Waals surface area contributed by atoms with Crippen molar-refractivity contribution in [2.45, 2.75) is 0 Å². The van der Waals surface area contributed by atoms with Gasteiger partial charge < -0.3 is 20.5 Å². The lowest BCUT2D eigenvalue weighted by Gasteiger charge is -2.12. The zero-order valence-corrected chi connectivity index (χ0v) is 15.8. The Bertz CT molecular complexity index is 1030. The number of methoxy groups -OCH3 is 1. The summed E-state index contributed by atoms with van der Waals surface area (Å²) < 4.78 is 5.09. The first-order valence-electron chi connectivity index (χ1n) is 8.87. The Labute approximate surface area is 168 Å². The third-order valence-electron chi connectivity index (χ3n) is 4.13. The lowest BCUT2D eigenvalue weighted by atomic mass is 9.97. The SMILES string of the molecule is COc1ccc(NC(=O)Nc2cccc(C(=CC(=O)O)c3ccccc3)c2)cc1. The third-order valence-corrected chi connectivity index (χ3v) is 4.13. The maximum absolute atomic E-state index is 12.3. The number of nitrogens with one attached hydrogen (secondary N) is 2. The van der Waals surface area contributed by atoms with Crippen molar-refractivity contribution in [1.82, 2.24) is 0 Å². The Morgan fingerprint density at radius 1 is 0.828 bits per heavy atom. The van der Waals surface area contributed by atoms with E-state index in [1.54, 1.807) is 55.6 Å². The first-order valence-corrected chi connectivity index (χ1v) is 8.87. The molecule has 0 aliphatic heterocycles. The van der Waals surface area contributed by atoms with E-state index >= 15 is 0 Å². The molecule has 0 heterocycles. The summed E-state index contributed by atoms with van der Waals surface area (Å²) in [7, 11) is 1.57. The number of hydrogen-bond donors (Lipinski definition) is 3. The number of carboxylic acids is 1. The number of ether oxygens (including phenoxy) is 1. The summed E-state index contributed by atoms with van der Waals surface area (Å²) in [5.41, 5.74) is 3.17. The zero-order chi connectivity index (χ0) is 20.6. The molecule has 3 aromatic carbocycles. The minimum Gasteiger partial charge on any atom is -0.497 e. The standard InChI is InChI=1S/C23H20N2O4/c1-29-20-12-10-18(11-13-20)24-23(28)25-19-9-5-8-17(14-19)21(15-22(26)27)16-6-3-2-4-7-16/h2-15H,1H3,(H,26,27)(H2,24,25,28). The molecule has 0 saturated heterocycles. The molecule has 146 valence electrons. The van der Waals surface area contributed by atoms with Crippen LogP contribution in [0.1, 0.15) is 11.1 Å². The number of carbonyl (C=O) groups excluding carboxylic acids is 1. The highest BCUT2D eigenvalue weighted by atomic mass is 16.5. The van der Waals surface area contributed by atoms with Gasteiger partial charge in [-0.15, -0.1) is 0 Å². The monoisotopic (exact) mass is 388 g/mol. The van der Waals surface area contributed by atoms with Crippen molar-refractivity contribution in [3.8, 4) is 5.75 Å². The Morgan fingerprint density at radius 2 is 1.48 bits per heavy atom. The Kier molecular flexibility index (Phi) is 6.27. The van der Waals surface area contributed by atoms with Gasteiger partial charge in [-0.3, -0.25) is 0 Å². The molecule has 0 saturated carbocycles. The summed E-state index contributed by atoms with van der Waals surface area (Å²) in [5.74, 6) is -0.346. The molecule has 0 unspecified atom stereocenters. The highest BCUT2D eigenvalue weighted by Crippen LogP contribution is 2.25. The van der Waals surface area contributed by atoms with Crippen LogP contribution in [-0.2, 0) is 4.79 Å². The molecular weight excluding hydrogens is 368 g/mol. The van der Waals surface area contributed by atoms with E-state index in [2.05, 4.69) is 10.6 Å². The predicted octanol–water partition coefficient (Wildman–Crippen LogP) is 4.86. The van der Waals surface area contributed by atoms with Gasteiger partial charge in [0, 0.05) is 17.5 Å². The van der Waals surface area contributed by atoms with Gasteiger partial charge in [0.2, 0.25) is 0 Å². The van der Waals surface area contributed by atoms with E-state index in [4.69, 9.17) is 4.74 Å². The number of rotatable bonds is 6. The van der Waals surface area contributed by atoms with Crippen LogP contribution in [0.5, 0.6) is 5.75 Å². The Hall–Kier alpha value is -4.06. The number of benzene rings is 3. The summed E-state index contributed by atoms with van der Waals surface area (Å²) in [6.07, 6.45) is 1.16. The molecule has 3 rings (SSSR count). The van der Waals surface area contributed by atoms with Crippen molar-refractivity contribution in [2.24, 2.45) is 0 Å². The molecule has 3 aromatic rings. The van der Waals surface area contributed by atoms with Crippen molar-refractivity contribution in [3.63, 3.8) is 0 Å². The topological polar surface area (TPSA) is 87.7 Å². The molecular formula is C23H20N2O4. The van der Waals surface area contributed by atoms with Crippen molar-refractivity contribution in [3.05, 3.63) is 96.1 Å². The van der Waals surface area contributed by atoms with Crippen molar-refractivity contribution in [2.75, 3.05) is 17.7 Å². The van der Waals surface area contributed by atoms with Gasteiger partial charge in [0.05, 0.1) is 7.11 Å². The van der Waals surface area contributed by atoms with Crippen molar-refractivity contribution < 1.29 is 19.4 Å². The average Bonchev–Trinajstić information content (AvgIpc) is 2.73. The smallest absolute Gasteiger partial charge is 0.328 e. The van der Waals surface area contributed by atoms with Gasteiger partial charge in [-0.05, 0) is 53.1 Å². The van der Waals surface area contributed by atoms with E-state index in [1.165, 1.54) is 0 Å². The second kappa shape index (κ2) is 9.23.